The molecule has 0 fully saturated rings. The molecule has 0 rings (SSSR count). The molecular formula is C63H102O5. The first-order valence-electron chi connectivity index (χ1n) is 27.7. The third-order valence-corrected chi connectivity index (χ3v) is 11.4. The Labute approximate surface area is 419 Å². The van der Waals surface area contributed by atoms with Crippen LogP contribution < -0.4 is 0 Å². The summed E-state index contributed by atoms with van der Waals surface area (Å²) in [6.45, 7) is 3.88. The van der Waals surface area contributed by atoms with Crippen molar-refractivity contribution < 1.29 is 24.2 Å². The molecule has 0 heterocycles. The van der Waals surface area contributed by atoms with Gasteiger partial charge < -0.3 is 14.6 Å². The molecule has 384 valence electrons. The molecule has 0 aromatic carbocycles. The van der Waals surface area contributed by atoms with Crippen LogP contribution in [-0.4, -0.2) is 36.4 Å². The molecule has 0 spiro atoms. The average Bonchev–Trinajstić information content (AvgIpc) is 3.34. The first kappa shape index (κ1) is 64.0. The summed E-state index contributed by atoms with van der Waals surface area (Å²) in [5.74, 6) is -0.646. The molecule has 0 aromatic rings. The number of rotatable bonds is 49. The lowest BCUT2D eigenvalue weighted by Crippen LogP contribution is -2.28. The highest BCUT2D eigenvalue weighted by Gasteiger charge is 2.16. The molecule has 5 heteroatoms. The van der Waals surface area contributed by atoms with Gasteiger partial charge in [0, 0.05) is 12.8 Å². The fourth-order valence-electron chi connectivity index (χ4n) is 7.35. The van der Waals surface area contributed by atoms with Crippen molar-refractivity contribution in [2.24, 2.45) is 0 Å². The van der Waals surface area contributed by atoms with E-state index in [4.69, 9.17) is 9.47 Å². The molecule has 0 saturated carbocycles. The van der Waals surface area contributed by atoms with Crippen molar-refractivity contribution in [3.8, 4) is 0 Å². The standard InChI is InChI=1S/C63H102O5/c1-3-5-7-9-11-13-15-17-19-21-23-25-26-27-28-29-30-31-32-33-34-35-36-38-39-41-43-45-47-49-51-53-55-57-62(65)67-60-61(59-64)68-63(66)58-56-54-52-50-48-46-44-42-40-37-24-22-20-18-16-14-12-10-8-6-4-2/h5-8,11-14,17-20,23-25,27-28,37,42,44,48,50,61,64H,3-4,9-10,15-16,21-22,26,29-36,38-41,43,45-47,49,51-60H2,1-2H3/b7-5-,8-6-,13-11-,14-12-,19-17-,20-18-,25-23-,28-27-,37-24-,44-42-,50-48-. The van der Waals surface area contributed by atoms with Crippen LogP contribution in [0.25, 0.3) is 0 Å². The minimum atomic E-state index is -0.804. The van der Waals surface area contributed by atoms with Gasteiger partial charge in [0.1, 0.15) is 6.61 Å². The van der Waals surface area contributed by atoms with Gasteiger partial charge in [-0.3, -0.25) is 9.59 Å². The van der Waals surface area contributed by atoms with Crippen molar-refractivity contribution in [3.05, 3.63) is 134 Å². The molecule has 0 aliphatic heterocycles. The molecule has 1 unspecified atom stereocenters. The fraction of sp³-hybridized carbons (Fsp3) is 0.619. The number of allylic oxidation sites excluding steroid dienone is 22. The number of ether oxygens (including phenoxy) is 2. The lowest BCUT2D eigenvalue weighted by Gasteiger charge is -2.15. The minimum absolute atomic E-state index is 0.0902. The number of aliphatic hydroxyl groups excluding tert-OH is 1. The highest BCUT2D eigenvalue weighted by atomic mass is 16.6. The summed E-state index contributed by atoms with van der Waals surface area (Å²) < 4.78 is 10.7. The predicted octanol–water partition coefficient (Wildman–Crippen LogP) is 18.9. The summed E-state index contributed by atoms with van der Waals surface area (Å²) in [6, 6.07) is 0. The number of esters is 2. The van der Waals surface area contributed by atoms with E-state index in [9.17, 15) is 14.7 Å². The Bertz CT molecular complexity index is 1430. The van der Waals surface area contributed by atoms with E-state index >= 15 is 0 Å². The summed E-state index contributed by atoms with van der Waals surface area (Å²) in [4.78, 5) is 24.5. The van der Waals surface area contributed by atoms with Gasteiger partial charge in [-0.25, -0.2) is 0 Å². The van der Waals surface area contributed by atoms with E-state index in [1.165, 1.54) is 96.3 Å². The zero-order valence-electron chi connectivity index (χ0n) is 43.8. The molecule has 0 aliphatic carbocycles. The van der Waals surface area contributed by atoms with Crippen molar-refractivity contribution in [2.45, 2.75) is 238 Å². The maximum atomic E-state index is 12.3. The van der Waals surface area contributed by atoms with Gasteiger partial charge in [0.05, 0.1) is 6.61 Å². The normalized spacial score (nSPS) is 13.3. The zero-order valence-corrected chi connectivity index (χ0v) is 43.8. The lowest BCUT2D eigenvalue weighted by atomic mass is 10.0. The number of aliphatic hydroxyl groups is 1. The van der Waals surface area contributed by atoms with Crippen LogP contribution in [-0.2, 0) is 19.1 Å². The maximum absolute atomic E-state index is 12.3. The van der Waals surface area contributed by atoms with Gasteiger partial charge in [-0.1, -0.05) is 244 Å². The smallest absolute Gasteiger partial charge is 0.306 e. The Morgan fingerprint density at radius 1 is 0.338 bits per heavy atom. The first-order valence-corrected chi connectivity index (χ1v) is 27.7. The van der Waals surface area contributed by atoms with Crippen LogP contribution in [0.15, 0.2) is 134 Å². The van der Waals surface area contributed by atoms with E-state index in [0.29, 0.717) is 12.8 Å². The van der Waals surface area contributed by atoms with Crippen LogP contribution in [0.1, 0.15) is 232 Å². The number of carbonyl (C=O) groups is 2. The van der Waals surface area contributed by atoms with E-state index in [1.807, 2.05) is 0 Å². The van der Waals surface area contributed by atoms with Gasteiger partial charge in [0.15, 0.2) is 6.10 Å². The zero-order chi connectivity index (χ0) is 49.2. The monoisotopic (exact) mass is 939 g/mol. The fourth-order valence-corrected chi connectivity index (χ4v) is 7.35. The molecule has 0 amide bonds. The largest absolute Gasteiger partial charge is 0.462 e. The Morgan fingerprint density at radius 2 is 0.588 bits per heavy atom. The molecule has 0 saturated heterocycles. The molecule has 0 aromatic heterocycles. The topological polar surface area (TPSA) is 72.8 Å². The van der Waals surface area contributed by atoms with Crippen molar-refractivity contribution in [1.82, 2.24) is 0 Å². The molecule has 0 bridgehead atoms. The SMILES string of the molecule is CC/C=C\C/C=C\C/C=C\C/C=C\C/C=C\C/C=C\CCCCC(=O)OC(CO)COC(=O)CCCCCCCCCCCCCCCCCCC/C=C\C/C=C\C/C=C\C/C=C\C/C=C\CC. The van der Waals surface area contributed by atoms with Crippen LogP contribution in [0, 0.1) is 0 Å². The summed E-state index contributed by atoms with van der Waals surface area (Å²) in [7, 11) is 0. The van der Waals surface area contributed by atoms with Crippen molar-refractivity contribution in [1.29, 1.82) is 0 Å². The van der Waals surface area contributed by atoms with Crippen LogP contribution in [0.5, 0.6) is 0 Å². The Balaban J connectivity index is 3.55. The van der Waals surface area contributed by atoms with Crippen LogP contribution in [0.4, 0.5) is 0 Å². The summed E-state index contributed by atoms with van der Waals surface area (Å²) in [6.07, 6.45) is 85.7. The highest BCUT2D eigenvalue weighted by molar-refractivity contribution is 5.70. The van der Waals surface area contributed by atoms with Crippen molar-refractivity contribution >= 4 is 11.9 Å². The second-order valence-corrected chi connectivity index (χ2v) is 17.9. The molecule has 1 atom stereocenters. The number of hydrogen-bond donors (Lipinski definition) is 1. The Morgan fingerprint density at radius 3 is 0.912 bits per heavy atom. The van der Waals surface area contributed by atoms with Crippen LogP contribution >= 0.6 is 0 Å². The predicted molar refractivity (Wildman–Crippen MR) is 297 cm³/mol. The molecular weight excluding hydrogens is 837 g/mol. The molecule has 5 nitrogen and oxygen atoms in total. The van der Waals surface area contributed by atoms with E-state index in [2.05, 4.69) is 148 Å². The van der Waals surface area contributed by atoms with E-state index in [1.54, 1.807) is 0 Å². The number of hydrogen-bond acceptors (Lipinski definition) is 5. The van der Waals surface area contributed by atoms with Gasteiger partial charge in [-0.15, -0.1) is 0 Å². The quantitative estimate of drug-likeness (QED) is 0.0374. The van der Waals surface area contributed by atoms with Gasteiger partial charge in [0.25, 0.3) is 0 Å². The third kappa shape index (κ3) is 54.6. The number of carbonyl (C=O) groups excluding carboxylic acids is 2. The number of unbranched alkanes of at least 4 members (excludes halogenated alkanes) is 19. The third-order valence-electron chi connectivity index (χ3n) is 11.4. The second kappa shape index (κ2) is 57.4. The van der Waals surface area contributed by atoms with Gasteiger partial charge in [-0.05, 0) is 109 Å². The van der Waals surface area contributed by atoms with E-state index in [0.717, 1.165) is 109 Å². The average molecular weight is 940 g/mol. The van der Waals surface area contributed by atoms with Crippen LogP contribution in [0.2, 0.25) is 0 Å². The van der Waals surface area contributed by atoms with Gasteiger partial charge >= 0.3 is 11.9 Å². The highest BCUT2D eigenvalue weighted by Crippen LogP contribution is 2.15. The first-order chi connectivity index (χ1) is 33.6. The molecule has 0 aliphatic rings. The summed E-state index contributed by atoms with van der Waals surface area (Å²) in [5.41, 5.74) is 0. The maximum Gasteiger partial charge on any atom is 0.306 e. The second-order valence-electron chi connectivity index (χ2n) is 17.9. The van der Waals surface area contributed by atoms with E-state index in [-0.39, 0.29) is 25.2 Å². The van der Waals surface area contributed by atoms with Crippen molar-refractivity contribution in [3.63, 3.8) is 0 Å². The van der Waals surface area contributed by atoms with Gasteiger partial charge in [-0.2, -0.15) is 0 Å². The van der Waals surface area contributed by atoms with Gasteiger partial charge in [0.2, 0.25) is 0 Å². The molecule has 68 heavy (non-hydrogen) atoms. The summed E-state index contributed by atoms with van der Waals surface area (Å²) >= 11 is 0. The van der Waals surface area contributed by atoms with Crippen LogP contribution in [0.3, 0.4) is 0 Å². The Hall–Kier alpha value is -3.96. The Kier molecular flexibility index (Phi) is 54.0. The summed E-state index contributed by atoms with van der Waals surface area (Å²) in [5, 5.41) is 9.64. The molecule has 0 radical (unpaired) electrons. The molecule has 1 N–H and O–H groups in total. The minimum Gasteiger partial charge on any atom is -0.462 e. The lowest BCUT2D eigenvalue weighted by molar-refractivity contribution is -0.161. The van der Waals surface area contributed by atoms with Crippen molar-refractivity contribution in [2.75, 3.05) is 13.2 Å². The van der Waals surface area contributed by atoms with E-state index < -0.39 is 6.10 Å².